The Morgan fingerprint density at radius 3 is 2.72 bits per heavy atom. The summed E-state index contributed by atoms with van der Waals surface area (Å²) in [5, 5.41) is 12.8. The van der Waals surface area contributed by atoms with Crippen LogP contribution in [0.1, 0.15) is 32.4 Å². The van der Waals surface area contributed by atoms with E-state index in [2.05, 4.69) is 15.3 Å². The van der Waals surface area contributed by atoms with Crippen LogP contribution in [0.3, 0.4) is 0 Å². The molecule has 0 saturated heterocycles. The lowest BCUT2D eigenvalue weighted by Gasteiger charge is -2.29. The highest BCUT2D eigenvalue weighted by atomic mass is 16.3. The molecule has 0 radical (unpaired) electrons. The predicted molar refractivity (Wildman–Crippen MR) is 94.1 cm³/mol. The van der Waals surface area contributed by atoms with Crippen molar-refractivity contribution in [1.29, 1.82) is 0 Å². The highest BCUT2D eigenvalue weighted by Crippen LogP contribution is 2.34. The van der Waals surface area contributed by atoms with Gasteiger partial charge in [0.25, 0.3) is 0 Å². The zero-order valence-electron chi connectivity index (χ0n) is 14.4. The standard InChI is InChI=1S/C18H21N5O2/c1-18(2,25)14-6-5-12(7-19-14)13-8-20-16-17(21-13)23(9-11-3-4-11)10-15(24)22-16/h5-8,11,25H,3-4,9-10H2,1-2H3,(H,20,22,24). The summed E-state index contributed by atoms with van der Waals surface area (Å²) in [6.07, 6.45) is 5.75. The van der Waals surface area contributed by atoms with E-state index in [1.54, 1.807) is 32.3 Å². The number of hydrogen-bond acceptors (Lipinski definition) is 6. The summed E-state index contributed by atoms with van der Waals surface area (Å²) in [5.41, 5.74) is 1.15. The Hall–Kier alpha value is -2.54. The minimum absolute atomic E-state index is 0.0496. The van der Waals surface area contributed by atoms with E-state index in [1.165, 1.54) is 12.8 Å². The van der Waals surface area contributed by atoms with Crippen LogP contribution >= 0.6 is 0 Å². The number of carbonyl (C=O) groups excluding carboxylic acids is 1. The molecule has 1 fully saturated rings. The van der Waals surface area contributed by atoms with Crippen LogP contribution in [0.15, 0.2) is 24.5 Å². The number of nitrogens with zero attached hydrogens (tertiary/aromatic N) is 4. The fraction of sp³-hybridized carbons (Fsp3) is 0.444. The number of aliphatic hydroxyl groups is 1. The Labute approximate surface area is 146 Å². The summed E-state index contributed by atoms with van der Waals surface area (Å²) in [7, 11) is 0. The van der Waals surface area contributed by atoms with E-state index in [4.69, 9.17) is 4.98 Å². The van der Waals surface area contributed by atoms with Gasteiger partial charge in [-0.05, 0) is 44.7 Å². The van der Waals surface area contributed by atoms with E-state index in [9.17, 15) is 9.90 Å². The summed E-state index contributed by atoms with van der Waals surface area (Å²) in [6, 6.07) is 3.67. The third kappa shape index (κ3) is 3.32. The number of carbonyl (C=O) groups is 1. The Morgan fingerprint density at radius 2 is 2.08 bits per heavy atom. The van der Waals surface area contributed by atoms with Gasteiger partial charge in [0.05, 0.1) is 24.1 Å². The van der Waals surface area contributed by atoms with E-state index < -0.39 is 5.60 Å². The van der Waals surface area contributed by atoms with Gasteiger partial charge in [-0.1, -0.05) is 0 Å². The molecule has 2 aliphatic rings. The summed E-state index contributed by atoms with van der Waals surface area (Å²) >= 11 is 0. The second-order valence-electron chi connectivity index (χ2n) is 7.29. The molecule has 7 nitrogen and oxygen atoms in total. The smallest absolute Gasteiger partial charge is 0.245 e. The number of pyridine rings is 1. The van der Waals surface area contributed by atoms with Crippen LogP contribution in [-0.4, -0.2) is 39.1 Å². The van der Waals surface area contributed by atoms with Crippen molar-refractivity contribution >= 4 is 17.5 Å². The molecule has 2 aromatic heterocycles. The largest absolute Gasteiger partial charge is 0.384 e. The molecular weight excluding hydrogens is 318 g/mol. The van der Waals surface area contributed by atoms with Crippen LogP contribution in [0.2, 0.25) is 0 Å². The maximum Gasteiger partial charge on any atom is 0.245 e. The Bertz CT molecular complexity index is 809. The molecule has 25 heavy (non-hydrogen) atoms. The molecule has 0 spiro atoms. The zero-order valence-corrected chi connectivity index (χ0v) is 14.4. The van der Waals surface area contributed by atoms with Gasteiger partial charge >= 0.3 is 0 Å². The maximum atomic E-state index is 11.9. The van der Waals surface area contributed by atoms with E-state index in [0.29, 0.717) is 29.7 Å². The minimum atomic E-state index is -0.981. The summed E-state index contributed by atoms with van der Waals surface area (Å²) in [6.45, 7) is 4.56. The number of rotatable bonds is 4. The number of fused-ring (bicyclic) bond motifs is 1. The fourth-order valence-corrected chi connectivity index (χ4v) is 2.92. The van der Waals surface area contributed by atoms with Crippen molar-refractivity contribution in [2.24, 2.45) is 5.92 Å². The summed E-state index contributed by atoms with van der Waals surface area (Å²) in [4.78, 5) is 27.3. The van der Waals surface area contributed by atoms with Gasteiger partial charge < -0.3 is 15.3 Å². The lowest BCUT2D eigenvalue weighted by molar-refractivity contribution is -0.115. The lowest BCUT2D eigenvalue weighted by atomic mass is 10.0. The molecule has 2 N–H and O–H groups in total. The summed E-state index contributed by atoms with van der Waals surface area (Å²) in [5.74, 6) is 1.83. The fourth-order valence-electron chi connectivity index (χ4n) is 2.92. The molecule has 4 rings (SSSR count). The lowest BCUT2D eigenvalue weighted by Crippen LogP contribution is -2.40. The van der Waals surface area contributed by atoms with Gasteiger partial charge in [-0.3, -0.25) is 9.78 Å². The molecular formula is C18H21N5O2. The quantitative estimate of drug-likeness (QED) is 0.884. The third-order valence-corrected chi connectivity index (χ3v) is 4.51. The molecule has 0 atom stereocenters. The molecule has 2 aromatic rings. The molecule has 1 amide bonds. The molecule has 0 bridgehead atoms. The Kier molecular flexibility index (Phi) is 3.68. The number of anilines is 2. The van der Waals surface area contributed by atoms with Crippen LogP contribution in [0, 0.1) is 5.92 Å². The third-order valence-electron chi connectivity index (χ3n) is 4.51. The zero-order chi connectivity index (χ0) is 17.6. The number of amides is 1. The van der Waals surface area contributed by atoms with Crippen molar-refractivity contribution in [3.63, 3.8) is 0 Å². The normalized spacial score (nSPS) is 17.2. The van der Waals surface area contributed by atoms with Crippen molar-refractivity contribution in [3.05, 3.63) is 30.2 Å². The van der Waals surface area contributed by atoms with Gasteiger partial charge in [0.1, 0.15) is 5.60 Å². The van der Waals surface area contributed by atoms with Crippen molar-refractivity contribution < 1.29 is 9.90 Å². The Morgan fingerprint density at radius 1 is 1.28 bits per heavy atom. The molecule has 1 aliphatic carbocycles. The van der Waals surface area contributed by atoms with E-state index in [1.807, 2.05) is 11.0 Å². The van der Waals surface area contributed by atoms with Crippen LogP contribution in [-0.2, 0) is 10.4 Å². The van der Waals surface area contributed by atoms with Crippen molar-refractivity contribution in [1.82, 2.24) is 15.0 Å². The van der Waals surface area contributed by atoms with Crippen LogP contribution in [0.25, 0.3) is 11.3 Å². The van der Waals surface area contributed by atoms with Gasteiger partial charge in [0.2, 0.25) is 5.91 Å². The summed E-state index contributed by atoms with van der Waals surface area (Å²) < 4.78 is 0. The first-order valence-corrected chi connectivity index (χ1v) is 8.51. The molecule has 1 saturated carbocycles. The number of aromatic nitrogens is 3. The molecule has 7 heteroatoms. The number of nitrogens with one attached hydrogen (secondary N) is 1. The average Bonchev–Trinajstić information content (AvgIpc) is 3.38. The monoisotopic (exact) mass is 339 g/mol. The molecule has 130 valence electrons. The average molecular weight is 339 g/mol. The highest BCUT2D eigenvalue weighted by molar-refractivity contribution is 5.99. The molecule has 0 aromatic carbocycles. The SMILES string of the molecule is CC(C)(O)c1ccc(-c2cnc3c(n2)N(CC2CC2)CC(=O)N3)cn1. The van der Waals surface area contributed by atoms with Gasteiger partial charge in [0.15, 0.2) is 11.6 Å². The first-order chi connectivity index (χ1) is 11.9. The van der Waals surface area contributed by atoms with E-state index in [0.717, 1.165) is 17.9 Å². The van der Waals surface area contributed by atoms with Gasteiger partial charge in [-0.25, -0.2) is 9.97 Å². The van der Waals surface area contributed by atoms with Crippen molar-refractivity contribution in [2.75, 3.05) is 23.3 Å². The first-order valence-electron chi connectivity index (χ1n) is 8.51. The van der Waals surface area contributed by atoms with E-state index in [-0.39, 0.29) is 5.91 Å². The van der Waals surface area contributed by atoms with Gasteiger partial charge in [0, 0.05) is 18.3 Å². The second kappa shape index (κ2) is 5.77. The highest BCUT2D eigenvalue weighted by Gasteiger charge is 2.31. The van der Waals surface area contributed by atoms with Crippen LogP contribution in [0.4, 0.5) is 11.6 Å². The second-order valence-corrected chi connectivity index (χ2v) is 7.29. The van der Waals surface area contributed by atoms with Crippen molar-refractivity contribution in [3.8, 4) is 11.3 Å². The maximum absolute atomic E-state index is 11.9. The Balaban J connectivity index is 1.66. The molecule has 1 aliphatic heterocycles. The van der Waals surface area contributed by atoms with Gasteiger partial charge in [-0.2, -0.15) is 0 Å². The van der Waals surface area contributed by atoms with Crippen LogP contribution < -0.4 is 10.2 Å². The minimum Gasteiger partial charge on any atom is -0.384 e. The number of hydrogen-bond donors (Lipinski definition) is 2. The van der Waals surface area contributed by atoms with Gasteiger partial charge in [-0.15, -0.1) is 0 Å². The molecule has 3 heterocycles. The molecule has 0 unspecified atom stereocenters. The topological polar surface area (TPSA) is 91.2 Å². The van der Waals surface area contributed by atoms with Crippen LogP contribution in [0.5, 0.6) is 0 Å². The van der Waals surface area contributed by atoms with E-state index >= 15 is 0 Å². The first kappa shape index (κ1) is 16.0. The van der Waals surface area contributed by atoms with Crippen molar-refractivity contribution in [2.45, 2.75) is 32.3 Å². The predicted octanol–water partition coefficient (Wildman–Crippen LogP) is 1.93.